The van der Waals surface area contributed by atoms with E-state index in [9.17, 15) is 9.50 Å². The first kappa shape index (κ1) is 12.7. The van der Waals surface area contributed by atoms with E-state index >= 15 is 0 Å². The third-order valence-corrected chi connectivity index (χ3v) is 2.96. The average molecular weight is 245 g/mol. The number of halogens is 1. The molecule has 0 bridgehead atoms. The van der Waals surface area contributed by atoms with E-state index < -0.39 is 6.10 Å². The van der Waals surface area contributed by atoms with Crippen LogP contribution in [0.15, 0.2) is 48.5 Å². The van der Waals surface area contributed by atoms with Crippen LogP contribution in [0.25, 0.3) is 0 Å². The van der Waals surface area contributed by atoms with Crippen molar-refractivity contribution < 1.29 is 9.50 Å². The van der Waals surface area contributed by atoms with Crippen LogP contribution in [-0.2, 0) is 0 Å². The Bertz CT molecular complexity index is 505. The van der Waals surface area contributed by atoms with Gasteiger partial charge in [-0.05, 0) is 35.7 Å². The van der Waals surface area contributed by atoms with E-state index in [2.05, 4.69) is 0 Å². The summed E-state index contributed by atoms with van der Waals surface area (Å²) in [5, 5.41) is 10.2. The van der Waals surface area contributed by atoms with Gasteiger partial charge in [-0.1, -0.05) is 36.4 Å². The Kier molecular flexibility index (Phi) is 3.75. The number of benzene rings is 2. The second kappa shape index (κ2) is 5.29. The van der Waals surface area contributed by atoms with Crippen LogP contribution < -0.4 is 5.73 Å². The minimum absolute atomic E-state index is 0.0259. The molecule has 0 aliphatic rings. The Morgan fingerprint density at radius 2 is 1.28 bits per heavy atom. The Morgan fingerprint density at radius 3 is 1.72 bits per heavy atom. The van der Waals surface area contributed by atoms with Gasteiger partial charge in [0.15, 0.2) is 0 Å². The van der Waals surface area contributed by atoms with Gasteiger partial charge in [-0.15, -0.1) is 0 Å². The largest absolute Gasteiger partial charge is 0.384 e. The van der Waals surface area contributed by atoms with Crippen molar-refractivity contribution in [3.63, 3.8) is 0 Å². The molecule has 2 aromatic carbocycles. The Balaban J connectivity index is 2.23. The zero-order valence-corrected chi connectivity index (χ0v) is 10.2. The van der Waals surface area contributed by atoms with Crippen molar-refractivity contribution in [2.75, 3.05) is 0 Å². The molecule has 0 aliphatic carbocycles. The number of hydrogen-bond acceptors (Lipinski definition) is 2. The standard InChI is InChI=1S/C15H16FNO/c1-10(17)11-2-4-12(5-3-11)15(18)13-6-8-14(16)9-7-13/h2-10,15,18H,17H2,1H3. The summed E-state index contributed by atoms with van der Waals surface area (Å²) >= 11 is 0. The van der Waals surface area contributed by atoms with Crippen molar-refractivity contribution in [2.24, 2.45) is 5.73 Å². The smallest absolute Gasteiger partial charge is 0.123 e. The van der Waals surface area contributed by atoms with Crippen LogP contribution in [-0.4, -0.2) is 5.11 Å². The summed E-state index contributed by atoms with van der Waals surface area (Å²) in [6, 6.07) is 13.3. The van der Waals surface area contributed by atoms with Gasteiger partial charge in [0.25, 0.3) is 0 Å². The molecule has 2 unspecified atom stereocenters. The maximum atomic E-state index is 12.8. The fourth-order valence-electron chi connectivity index (χ4n) is 1.82. The molecule has 0 aromatic heterocycles. The highest BCUT2D eigenvalue weighted by atomic mass is 19.1. The molecule has 94 valence electrons. The first-order valence-electron chi connectivity index (χ1n) is 5.87. The summed E-state index contributed by atoms with van der Waals surface area (Å²) in [6.07, 6.45) is -0.743. The summed E-state index contributed by atoms with van der Waals surface area (Å²) in [5.74, 6) is -0.307. The summed E-state index contributed by atoms with van der Waals surface area (Å²) in [7, 11) is 0. The van der Waals surface area contributed by atoms with Gasteiger partial charge in [-0.3, -0.25) is 0 Å². The van der Waals surface area contributed by atoms with E-state index in [4.69, 9.17) is 5.73 Å². The van der Waals surface area contributed by atoms with Gasteiger partial charge >= 0.3 is 0 Å². The molecule has 0 radical (unpaired) electrons. The number of nitrogens with two attached hydrogens (primary N) is 1. The number of aliphatic hydroxyl groups is 1. The summed E-state index contributed by atoms with van der Waals surface area (Å²) in [5.41, 5.74) is 8.22. The molecular formula is C15H16FNO. The first-order chi connectivity index (χ1) is 8.58. The molecule has 3 heteroatoms. The highest BCUT2D eigenvalue weighted by Gasteiger charge is 2.10. The van der Waals surface area contributed by atoms with E-state index in [0.29, 0.717) is 5.56 Å². The van der Waals surface area contributed by atoms with E-state index in [-0.39, 0.29) is 11.9 Å². The predicted octanol–water partition coefficient (Wildman–Crippen LogP) is 2.93. The first-order valence-corrected chi connectivity index (χ1v) is 5.87. The van der Waals surface area contributed by atoms with Gasteiger partial charge in [-0.25, -0.2) is 4.39 Å². The minimum Gasteiger partial charge on any atom is -0.384 e. The molecule has 0 amide bonds. The minimum atomic E-state index is -0.743. The van der Waals surface area contributed by atoms with Crippen molar-refractivity contribution in [3.8, 4) is 0 Å². The molecule has 0 fully saturated rings. The zero-order valence-electron chi connectivity index (χ0n) is 10.2. The molecule has 18 heavy (non-hydrogen) atoms. The SMILES string of the molecule is CC(N)c1ccc(C(O)c2ccc(F)cc2)cc1. The van der Waals surface area contributed by atoms with Crippen molar-refractivity contribution >= 4 is 0 Å². The van der Waals surface area contributed by atoms with Crippen LogP contribution in [0.2, 0.25) is 0 Å². The summed E-state index contributed by atoms with van der Waals surface area (Å²) in [6.45, 7) is 1.91. The van der Waals surface area contributed by atoms with Crippen molar-refractivity contribution in [1.82, 2.24) is 0 Å². The van der Waals surface area contributed by atoms with Gasteiger partial charge in [0.1, 0.15) is 11.9 Å². The lowest BCUT2D eigenvalue weighted by molar-refractivity contribution is 0.220. The van der Waals surface area contributed by atoms with Gasteiger partial charge in [0.2, 0.25) is 0 Å². The lowest BCUT2D eigenvalue weighted by atomic mass is 9.99. The van der Waals surface area contributed by atoms with Crippen molar-refractivity contribution in [1.29, 1.82) is 0 Å². The van der Waals surface area contributed by atoms with Crippen LogP contribution in [0.3, 0.4) is 0 Å². The van der Waals surface area contributed by atoms with E-state index in [0.717, 1.165) is 11.1 Å². The van der Waals surface area contributed by atoms with Crippen LogP contribution in [0, 0.1) is 5.82 Å². The van der Waals surface area contributed by atoms with Crippen LogP contribution in [0.4, 0.5) is 4.39 Å². The average Bonchev–Trinajstić information content (AvgIpc) is 2.39. The topological polar surface area (TPSA) is 46.2 Å². The molecule has 2 aromatic rings. The number of aliphatic hydroxyl groups excluding tert-OH is 1. The Morgan fingerprint density at radius 1 is 0.889 bits per heavy atom. The normalized spacial score (nSPS) is 14.2. The molecule has 0 heterocycles. The highest BCUT2D eigenvalue weighted by molar-refractivity contribution is 5.32. The zero-order chi connectivity index (χ0) is 13.1. The Labute approximate surface area is 106 Å². The van der Waals surface area contributed by atoms with Crippen molar-refractivity contribution in [3.05, 3.63) is 71.0 Å². The molecule has 2 atom stereocenters. The van der Waals surface area contributed by atoms with Gasteiger partial charge in [0.05, 0.1) is 0 Å². The highest BCUT2D eigenvalue weighted by Crippen LogP contribution is 2.23. The van der Waals surface area contributed by atoms with Gasteiger partial charge in [-0.2, -0.15) is 0 Å². The second-order valence-electron chi connectivity index (χ2n) is 4.41. The quantitative estimate of drug-likeness (QED) is 0.873. The number of rotatable bonds is 3. The molecule has 2 rings (SSSR count). The fraction of sp³-hybridized carbons (Fsp3) is 0.200. The number of hydrogen-bond donors (Lipinski definition) is 2. The lowest BCUT2D eigenvalue weighted by Gasteiger charge is -2.13. The predicted molar refractivity (Wildman–Crippen MR) is 69.5 cm³/mol. The molecule has 0 aliphatic heterocycles. The van der Waals surface area contributed by atoms with Crippen LogP contribution >= 0.6 is 0 Å². The molecule has 3 N–H and O–H groups in total. The molecular weight excluding hydrogens is 229 g/mol. The third-order valence-electron chi connectivity index (χ3n) is 2.96. The third kappa shape index (κ3) is 2.75. The van der Waals surface area contributed by atoms with Gasteiger partial charge < -0.3 is 10.8 Å². The lowest BCUT2D eigenvalue weighted by Crippen LogP contribution is -2.05. The fourth-order valence-corrected chi connectivity index (χ4v) is 1.82. The molecule has 0 saturated heterocycles. The molecule has 2 nitrogen and oxygen atoms in total. The molecule has 0 spiro atoms. The Hall–Kier alpha value is -1.71. The van der Waals surface area contributed by atoms with Gasteiger partial charge in [0, 0.05) is 6.04 Å². The van der Waals surface area contributed by atoms with Crippen LogP contribution in [0.5, 0.6) is 0 Å². The van der Waals surface area contributed by atoms with E-state index in [1.54, 1.807) is 12.1 Å². The monoisotopic (exact) mass is 245 g/mol. The summed E-state index contributed by atoms with van der Waals surface area (Å²) in [4.78, 5) is 0. The summed E-state index contributed by atoms with van der Waals surface area (Å²) < 4.78 is 12.8. The van der Waals surface area contributed by atoms with Crippen molar-refractivity contribution in [2.45, 2.75) is 19.1 Å². The molecule has 0 saturated carbocycles. The maximum absolute atomic E-state index is 12.8. The second-order valence-corrected chi connectivity index (χ2v) is 4.41. The van der Waals surface area contributed by atoms with E-state index in [1.807, 2.05) is 31.2 Å². The van der Waals surface area contributed by atoms with E-state index in [1.165, 1.54) is 12.1 Å². The van der Waals surface area contributed by atoms with Crippen LogP contribution in [0.1, 0.15) is 35.8 Å². The maximum Gasteiger partial charge on any atom is 0.123 e.